The molecule has 0 unspecified atom stereocenters. The number of aromatic hydroxyl groups is 2. The number of ketones is 1. The average molecular weight is 356 g/mol. The third-order valence-electron chi connectivity index (χ3n) is 4.20. The molecule has 5 nitrogen and oxygen atoms in total. The van der Waals surface area contributed by atoms with E-state index >= 15 is 0 Å². The van der Waals surface area contributed by atoms with Crippen LogP contribution in [-0.4, -0.2) is 28.1 Å². The second kappa shape index (κ2) is 9.61. The lowest BCUT2D eigenvalue weighted by molar-refractivity contribution is 0.0211. The van der Waals surface area contributed by atoms with Crippen LogP contribution in [0.4, 0.5) is 0 Å². The maximum absolute atomic E-state index is 11.7. The highest BCUT2D eigenvalue weighted by Crippen LogP contribution is 2.21. The maximum atomic E-state index is 11.7. The fourth-order valence-corrected chi connectivity index (χ4v) is 2.70. The summed E-state index contributed by atoms with van der Waals surface area (Å²) < 4.78 is 5.40. The zero-order valence-corrected chi connectivity index (χ0v) is 14.9. The van der Waals surface area contributed by atoms with Crippen molar-refractivity contribution in [3.63, 3.8) is 0 Å². The van der Waals surface area contributed by atoms with Crippen molar-refractivity contribution in [3.05, 3.63) is 59.7 Å². The normalized spacial score (nSPS) is 14.0. The summed E-state index contributed by atoms with van der Waals surface area (Å²) in [6.07, 6.45) is 5.57. The number of phenols is 2. The molecular formula is C21H24O5. The van der Waals surface area contributed by atoms with Crippen molar-refractivity contribution < 1.29 is 24.5 Å². The van der Waals surface area contributed by atoms with E-state index in [0.29, 0.717) is 11.1 Å². The predicted octanol–water partition coefficient (Wildman–Crippen LogP) is 4.48. The van der Waals surface area contributed by atoms with Crippen LogP contribution in [0.25, 0.3) is 0 Å². The van der Waals surface area contributed by atoms with Crippen molar-refractivity contribution in [2.75, 3.05) is 0 Å². The highest BCUT2D eigenvalue weighted by atomic mass is 16.5. The Kier molecular flexibility index (Phi) is 7.21. The summed E-state index contributed by atoms with van der Waals surface area (Å²) in [6.45, 7) is 1.49. The Labute approximate surface area is 153 Å². The molecule has 0 radical (unpaired) electrons. The van der Waals surface area contributed by atoms with Gasteiger partial charge in [-0.2, -0.15) is 0 Å². The molecule has 1 aliphatic rings. The molecule has 0 atom stereocenters. The fraction of sp³-hybridized carbons (Fsp3) is 0.333. The van der Waals surface area contributed by atoms with E-state index in [2.05, 4.69) is 0 Å². The smallest absolute Gasteiger partial charge is 0.338 e. The van der Waals surface area contributed by atoms with Crippen LogP contribution in [0.1, 0.15) is 59.7 Å². The lowest BCUT2D eigenvalue weighted by Gasteiger charge is -2.21. The number of hydrogen-bond donors (Lipinski definition) is 2. The molecule has 26 heavy (non-hydrogen) atoms. The quantitative estimate of drug-likeness (QED) is 0.626. The van der Waals surface area contributed by atoms with Crippen LogP contribution in [0, 0.1) is 0 Å². The zero-order valence-electron chi connectivity index (χ0n) is 14.9. The molecule has 0 amide bonds. The van der Waals surface area contributed by atoms with Gasteiger partial charge >= 0.3 is 5.97 Å². The van der Waals surface area contributed by atoms with Gasteiger partial charge in [0.1, 0.15) is 17.6 Å². The number of carbonyl (C=O) groups excluding carboxylic acids is 2. The number of carbonyl (C=O) groups is 2. The molecule has 1 aliphatic carbocycles. The van der Waals surface area contributed by atoms with Crippen LogP contribution in [0.15, 0.2) is 48.5 Å². The highest BCUT2D eigenvalue weighted by Gasteiger charge is 2.18. The first-order chi connectivity index (χ1) is 12.5. The van der Waals surface area contributed by atoms with Gasteiger partial charge in [-0.3, -0.25) is 4.79 Å². The Morgan fingerprint density at radius 1 is 0.808 bits per heavy atom. The molecule has 0 heterocycles. The number of phenolic OH excluding ortho intramolecular Hbond substituents is 2. The van der Waals surface area contributed by atoms with Gasteiger partial charge in [-0.25, -0.2) is 4.79 Å². The molecule has 1 fully saturated rings. The molecule has 2 N–H and O–H groups in total. The van der Waals surface area contributed by atoms with E-state index in [4.69, 9.17) is 14.9 Å². The summed E-state index contributed by atoms with van der Waals surface area (Å²) in [4.78, 5) is 22.4. The first-order valence-electron chi connectivity index (χ1n) is 8.75. The lowest BCUT2D eigenvalue weighted by Crippen LogP contribution is -2.20. The first-order valence-corrected chi connectivity index (χ1v) is 8.75. The fourth-order valence-electron chi connectivity index (χ4n) is 2.70. The van der Waals surface area contributed by atoms with Gasteiger partial charge in [0, 0.05) is 5.56 Å². The number of ether oxygens (including phenoxy) is 1. The van der Waals surface area contributed by atoms with Gasteiger partial charge < -0.3 is 14.9 Å². The van der Waals surface area contributed by atoms with Crippen molar-refractivity contribution in [1.82, 2.24) is 0 Å². The molecule has 2 aromatic rings. The minimum atomic E-state index is -0.285. The van der Waals surface area contributed by atoms with E-state index in [1.54, 1.807) is 24.3 Å². The molecule has 1 saturated carbocycles. The Balaban J connectivity index is 0.000000209. The Hall–Kier alpha value is -2.82. The van der Waals surface area contributed by atoms with Crippen molar-refractivity contribution in [2.45, 2.75) is 45.1 Å². The third kappa shape index (κ3) is 6.24. The monoisotopic (exact) mass is 356 g/mol. The molecule has 0 spiro atoms. The number of benzene rings is 2. The Morgan fingerprint density at radius 3 is 1.73 bits per heavy atom. The second-order valence-corrected chi connectivity index (χ2v) is 6.32. The molecule has 2 aromatic carbocycles. The molecule has 0 aromatic heterocycles. The first kappa shape index (κ1) is 19.5. The Morgan fingerprint density at radius 2 is 1.27 bits per heavy atom. The molecule has 3 rings (SSSR count). The van der Waals surface area contributed by atoms with E-state index in [1.807, 2.05) is 0 Å². The standard InChI is InChI=1S/C13H16O3.C8H8O2/c14-11-8-6-10(7-9-11)13(15)16-12-4-2-1-3-5-12;1-6(9)7-2-4-8(10)5-3-7/h6-9,12,14H,1-5H2;2-5,10H,1H3. The van der Waals surface area contributed by atoms with Gasteiger partial charge in [0.15, 0.2) is 5.78 Å². The summed E-state index contributed by atoms with van der Waals surface area (Å²) in [6, 6.07) is 12.3. The third-order valence-corrected chi connectivity index (χ3v) is 4.20. The lowest BCUT2D eigenvalue weighted by atomic mass is 9.98. The highest BCUT2D eigenvalue weighted by molar-refractivity contribution is 5.94. The van der Waals surface area contributed by atoms with Gasteiger partial charge in [-0.05, 0) is 81.1 Å². The van der Waals surface area contributed by atoms with E-state index in [0.717, 1.165) is 25.7 Å². The van der Waals surface area contributed by atoms with Gasteiger partial charge in [-0.15, -0.1) is 0 Å². The largest absolute Gasteiger partial charge is 0.508 e. The van der Waals surface area contributed by atoms with Gasteiger partial charge in [0.25, 0.3) is 0 Å². The summed E-state index contributed by atoms with van der Waals surface area (Å²) in [5.41, 5.74) is 1.13. The van der Waals surface area contributed by atoms with Crippen LogP contribution < -0.4 is 0 Å². The minimum absolute atomic E-state index is 0.0139. The summed E-state index contributed by atoms with van der Waals surface area (Å²) in [7, 11) is 0. The second-order valence-electron chi connectivity index (χ2n) is 6.32. The summed E-state index contributed by atoms with van der Waals surface area (Å²) in [5.74, 6) is 0.0751. The SMILES string of the molecule is CC(=O)c1ccc(O)cc1.O=C(OC1CCCCC1)c1ccc(O)cc1. The number of Topliss-reactive ketones (excluding diaryl/α,β-unsaturated/α-hetero) is 1. The van der Waals surface area contributed by atoms with Crippen molar-refractivity contribution >= 4 is 11.8 Å². The van der Waals surface area contributed by atoms with Crippen LogP contribution >= 0.6 is 0 Å². The zero-order chi connectivity index (χ0) is 18.9. The summed E-state index contributed by atoms with van der Waals surface area (Å²) >= 11 is 0. The van der Waals surface area contributed by atoms with E-state index in [-0.39, 0.29) is 29.4 Å². The molecule has 0 saturated heterocycles. The summed E-state index contributed by atoms with van der Waals surface area (Å²) in [5, 5.41) is 17.9. The molecular weight excluding hydrogens is 332 g/mol. The average Bonchev–Trinajstić information content (AvgIpc) is 2.64. The van der Waals surface area contributed by atoms with Crippen molar-refractivity contribution in [1.29, 1.82) is 0 Å². The number of rotatable bonds is 3. The number of hydrogen-bond acceptors (Lipinski definition) is 5. The van der Waals surface area contributed by atoms with Gasteiger partial charge in [-0.1, -0.05) is 6.42 Å². The van der Waals surface area contributed by atoms with Crippen molar-refractivity contribution in [2.24, 2.45) is 0 Å². The van der Waals surface area contributed by atoms with E-state index < -0.39 is 0 Å². The topological polar surface area (TPSA) is 83.8 Å². The molecule has 138 valence electrons. The maximum Gasteiger partial charge on any atom is 0.338 e. The molecule has 0 aliphatic heterocycles. The minimum Gasteiger partial charge on any atom is -0.508 e. The van der Waals surface area contributed by atoms with Crippen LogP contribution in [0.2, 0.25) is 0 Å². The Bertz CT molecular complexity index is 713. The van der Waals surface area contributed by atoms with E-state index in [9.17, 15) is 9.59 Å². The van der Waals surface area contributed by atoms with Crippen LogP contribution in [-0.2, 0) is 4.74 Å². The molecule has 5 heteroatoms. The van der Waals surface area contributed by atoms with Crippen LogP contribution in [0.5, 0.6) is 11.5 Å². The van der Waals surface area contributed by atoms with Crippen molar-refractivity contribution in [3.8, 4) is 11.5 Å². The number of esters is 1. The van der Waals surface area contributed by atoms with Crippen LogP contribution in [0.3, 0.4) is 0 Å². The van der Waals surface area contributed by atoms with E-state index in [1.165, 1.54) is 37.6 Å². The van der Waals surface area contributed by atoms with Gasteiger partial charge in [0.2, 0.25) is 0 Å². The molecule has 0 bridgehead atoms. The predicted molar refractivity (Wildman–Crippen MR) is 98.5 cm³/mol. The van der Waals surface area contributed by atoms with Gasteiger partial charge in [0.05, 0.1) is 5.56 Å².